The van der Waals surface area contributed by atoms with Gasteiger partial charge in [-0.25, -0.2) is 9.97 Å². The van der Waals surface area contributed by atoms with E-state index in [4.69, 9.17) is 14.5 Å². The zero-order valence-corrected chi connectivity index (χ0v) is 18.3. The zero-order chi connectivity index (χ0) is 21.9. The first kappa shape index (κ1) is 20.8. The van der Waals surface area contributed by atoms with Crippen LogP contribution in [0.2, 0.25) is 0 Å². The Balaban J connectivity index is 1.21. The first-order valence-corrected chi connectivity index (χ1v) is 10.9. The summed E-state index contributed by atoms with van der Waals surface area (Å²) in [4.78, 5) is 15.6. The molecule has 0 spiro atoms. The maximum atomic E-state index is 6.08. The van der Waals surface area contributed by atoms with Crippen molar-refractivity contribution in [1.29, 1.82) is 0 Å². The molecule has 0 bridgehead atoms. The number of hydrogen-bond donors (Lipinski definition) is 2. The minimum atomic E-state index is -0.0390. The number of nitrogens with zero attached hydrogens (tertiary/aromatic N) is 4. The van der Waals surface area contributed by atoms with Crippen molar-refractivity contribution in [1.82, 2.24) is 20.3 Å². The predicted molar refractivity (Wildman–Crippen MR) is 124 cm³/mol. The van der Waals surface area contributed by atoms with Crippen molar-refractivity contribution in [3.63, 3.8) is 0 Å². The molecule has 8 heteroatoms. The van der Waals surface area contributed by atoms with Crippen LogP contribution in [0, 0.1) is 0 Å². The van der Waals surface area contributed by atoms with Crippen LogP contribution in [0.3, 0.4) is 0 Å². The summed E-state index contributed by atoms with van der Waals surface area (Å²) in [5.41, 5.74) is 4.09. The molecule has 0 amide bonds. The normalized spacial score (nSPS) is 24.3. The van der Waals surface area contributed by atoms with Gasteiger partial charge >= 0.3 is 0 Å². The van der Waals surface area contributed by atoms with E-state index in [0.29, 0.717) is 25.7 Å². The molecule has 4 atom stereocenters. The summed E-state index contributed by atoms with van der Waals surface area (Å²) in [5.74, 6) is 0.585. The minimum Gasteiger partial charge on any atom is -0.378 e. The average molecular weight is 433 g/mol. The van der Waals surface area contributed by atoms with E-state index >= 15 is 0 Å². The summed E-state index contributed by atoms with van der Waals surface area (Å²) in [7, 11) is 4.06. The van der Waals surface area contributed by atoms with Crippen molar-refractivity contribution >= 4 is 11.6 Å². The second-order valence-corrected chi connectivity index (χ2v) is 8.36. The van der Waals surface area contributed by atoms with Gasteiger partial charge in [-0.15, -0.1) is 0 Å². The van der Waals surface area contributed by atoms with Crippen LogP contribution in [-0.2, 0) is 16.0 Å². The molecule has 8 nitrogen and oxygen atoms in total. The molecule has 2 aliphatic rings. The fraction of sp³-hybridized carbons (Fsp3) is 0.375. The second-order valence-electron chi connectivity index (χ2n) is 8.36. The molecule has 5 rings (SSSR count). The molecular weight excluding hydrogens is 404 g/mol. The summed E-state index contributed by atoms with van der Waals surface area (Å²) in [6.45, 7) is 1.86. The Kier molecular flexibility index (Phi) is 5.98. The van der Waals surface area contributed by atoms with E-state index < -0.39 is 0 Å². The van der Waals surface area contributed by atoms with Gasteiger partial charge in [0.1, 0.15) is 12.2 Å². The Morgan fingerprint density at radius 1 is 0.906 bits per heavy atom. The lowest BCUT2D eigenvalue weighted by atomic mass is 10.1. The molecule has 4 heterocycles. The summed E-state index contributed by atoms with van der Waals surface area (Å²) in [5, 5.41) is 6.95. The molecule has 3 aromatic rings. The molecule has 2 aliphatic heterocycles. The topological polar surface area (TPSA) is 84.4 Å². The quantitative estimate of drug-likeness (QED) is 0.589. The number of fused-ring (bicyclic) bond motifs is 1. The largest absolute Gasteiger partial charge is 0.378 e. The number of pyridine rings is 1. The molecule has 2 saturated heterocycles. The molecule has 32 heavy (non-hydrogen) atoms. The Morgan fingerprint density at radius 2 is 1.69 bits per heavy atom. The predicted octanol–water partition coefficient (Wildman–Crippen LogP) is 2.34. The molecule has 1 aromatic carbocycles. The van der Waals surface area contributed by atoms with Gasteiger partial charge in [0.25, 0.3) is 0 Å². The Hall–Kier alpha value is -3.07. The number of benzene rings is 1. The van der Waals surface area contributed by atoms with E-state index in [1.165, 1.54) is 0 Å². The van der Waals surface area contributed by atoms with Gasteiger partial charge in [0.2, 0.25) is 5.95 Å². The third-order valence-corrected chi connectivity index (χ3v) is 5.97. The third kappa shape index (κ3) is 4.43. The summed E-state index contributed by atoms with van der Waals surface area (Å²) >= 11 is 0. The lowest BCUT2D eigenvalue weighted by molar-refractivity contribution is 0.0674. The molecule has 0 radical (unpaired) electrons. The van der Waals surface area contributed by atoms with Crippen molar-refractivity contribution < 1.29 is 9.47 Å². The van der Waals surface area contributed by atoms with Gasteiger partial charge in [-0.1, -0.05) is 18.2 Å². The highest BCUT2D eigenvalue weighted by Gasteiger charge is 2.47. The van der Waals surface area contributed by atoms with Crippen LogP contribution in [0.25, 0.3) is 11.3 Å². The molecule has 2 aromatic heterocycles. The molecule has 2 N–H and O–H groups in total. The van der Waals surface area contributed by atoms with Crippen LogP contribution in [0.4, 0.5) is 11.6 Å². The Labute approximate surface area is 188 Å². The van der Waals surface area contributed by atoms with E-state index in [2.05, 4.69) is 49.8 Å². The maximum Gasteiger partial charge on any atom is 0.223 e. The highest BCUT2D eigenvalue weighted by molar-refractivity contribution is 5.63. The number of nitrogens with one attached hydrogen (secondary N) is 2. The summed E-state index contributed by atoms with van der Waals surface area (Å²) in [6.07, 6.45) is 3.55. The minimum absolute atomic E-state index is 0.00188. The summed E-state index contributed by atoms with van der Waals surface area (Å²) in [6, 6.07) is 16.3. The highest BCUT2D eigenvalue weighted by Crippen LogP contribution is 2.29. The standard InChI is InChI=1S/C24H28N6O2/c1-30(2)18-8-6-16(7-9-18)19-10-12-26-24(28-19)29-21-15-32-22-20(14-31-23(21)22)27-13-17-5-3-4-11-25-17/h3-12,20-23,27H,13-15H2,1-2H3,(H,26,28,29)/t20-,21-,22+,23+/m0/s1. The van der Waals surface area contributed by atoms with Crippen molar-refractivity contribution in [3.8, 4) is 11.3 Å². The first-order valence-electron chi connectivity index (χ1n) is 10.9. The van der Waals surface area contributed by atoms with Crippen LogP contribution >= 0.6 is 0 Å². The molecule has 2 fully saturated rings. The van der Waals surface area contributed by atoms with Gasteiger partial charge < -0.3 is 25.0 Å². The average Bonchev–Trinajstić information content (AvgIpc) is 3.42. The summed E-state index contributed by atoms with van der Waals surface area (Å²) < 4.78 is 12.2. The Morgan fingerprint density at radius 3 is 2.44 bits per heavy atom. The lowest BCUT2D eigenvalue weighted by Gasteiger charge is -2.18. The van der Waals surface area contributed by atoms with Crippen LogP contribution < -0.4 is 15.5 Å². The third-order valence-electron chi connectivity index (χ3n) is 5.97. The van der Waals surface area contributed by atoms with Crippen LogP contribution in [0.5, 0.6) is 0 Å². The molecule has 166 valence electrons. The number of ether oxygens (including phenoxy) is 2. The van der Waals surface area contributed by atoms with Crippen molar-refractivity contribution in [2.75, 3.05) is 37.5 Å². The number of hydrogen-bond acceptors (Lipinski definition) is 8. The monoisotopic (exact) mass is 432 g/mol. The van der Waals surface area contributed by atoms with E-state index in [1.807, 2.05) is 44.6 Å². The van der Waals surface area contributed by atoms with E-state index in [0.717, 1.165) is 22.6 Å². The number of rotatable bonds is 7. The van der Waals surface area contributed by atoms with Gasteiger partial charge in [-0.3, -0.25) is 4.98 Å². The van der Waals surface area contributed by atoms with Gasteiger partial charge in [-0.05, 0) is 30.3 Å². The van der Waals surface area contributed by atoms with Crippen LogP contribution in [0.1, 0.15) is 5.69 Å². The van der Waals surface area contributed by atoms with E-state index in [9.17, 15) is 0 Å². The Bertz CT molecular complexity index is 1030. The zero-order valence-electron chi connectivity index (χ0n) is 18.3. The molecule has 0 saturated carbocycles. The van der Waals surface area contributed by atoms with E-state index in [1.54, 1.807) is 6.20 Å². The van der Waals surface area contributed by atoms with Gasteiger partial charge in [0.05, 0.1) is 36.7 Å². The molecular formula is C24H28N6O2. The smallest absolute Gasteiger partial charge is 0.223 e. The maximum absolute atomic E-state index is 6.08. The van der Waals surface area contributed by atoms with Gasteiger partial charge in [-0.2, -0.15) is 0 Å². The van der Waals surface area contributed by atoms with Crippen molar-refractivity contribution in [2.24, 2.45) is 0 Å². The van der Waals surface area contributed by atoms with Gasteiger partial charge in [0, 0.05) is 44.3 Å². The lowest BCUT2D eigenvalue weighted by Crippen LogP contribution is -2.42. The first-order chi connectivity index (χ1) is 15.7. The molecule has 0 unspecified atom stereocenters. The fourth-order valence-corrected chi connectivity index (χ4v) is 4.22. The van der Waals surface area contributed by atoms with Gasteiger partial charge in [0.15, 0.2) is 0 Å². The van der Waals surface area contributed by atoms with Crippen LogP contribution in [-0.4, -0.2) is 66.6 Å². The van der Waals surface area contributed by atoms with Crippen molar-refractivity contribution in [3.05, 3.63) is 66.6 Å². The highest BCUT2D eigenvalue weighted by atomic mass is 16.6. The molecule has 0 aliphatic carbocycles. The second kappa shape index (κ2) is 9.20. The fourth-order valence-electron chi connectivity index (χ4n) is 4.22. The van der Waals surface area contributed by atoms with Crippen LogP contribution in [0.15, 0.2) is 60.9 Å². The number of anilines is 2. The SMILES string of the molecule is CN(C)c1ccc(-c2ccnc(N[C@H]3CO[C@H]4[C@@H]3OC[C@@H]4NCc3ccccn3)n2)cc1. The number of aromatic nitrogens is 3. The van der Waals surface area contributed by atoms with Crippen molar-refractivity contribution in [2.45, 2.75) is 30.8 Å². The van der Waals surface area contributed by atoms with E-state index in [-0.39, 0.29) is 24.3 Å².